The van der Waals surface area contributed by atoms with Crippen LogP contribution in [-0.2, 0) is 11.3 Å². The molecule has 1 aromatic carbocycles. The smallest absolute Gasteiger partial charge is 0.410 e. The molecule has 1 aromatic rings. The minimum Gasteiger partial charge on any atom is -0.494 e. The highest BCUT2D eigenvalue weighted by Crippen LogP contribution is 2.45. The van der Waals surface area contributed by atoms with Crippen LogP contribution in [0.2, 0.25) is 0 Å². The van der Waals surface area contributed by atoms with Gasteiger partial charge in [0.2, 0.25) is 0 Å². The number of hydrogen-bond acceptors (Lipinski definition) is 4. The number of carbonyl (C=O) groups excluding carboxylic acids is 1. The Labute approximate surface area is 171 Å². The molecule has 0 atom stereocenters. The molecule has 6 heteroatoms. The van der Waals surface area contributed by atoms with E-state index in [1.807, 2.05) is 31.7 Å². The van der Waals surface area contributed by atoms with Gasteiger partial charge >= 0.3 is 6.09 Å². The van der Waals surface area contributed by atoms with E-state index in [9.17, 15) is 4.79 Å². The van der Waals surface area contributed by atoms with E-state index in [2.05, 4.69) is 39.9 Å². The molecule has 1 saturated heterocycles. The number of hydrogen-bond donors (Lipinski definition) is 0. The fourth-order valence-electron chi connectivity index (χ4n) is 3.64. The van der Waals surface area contributed by atoms with Gasteiger partial charge in [0.05, 0.1) is 12.1 Å². The molecule has 1 spiro atoms. The molecule has 5 nitrogen and oxygen atoms in total. The van der Waals surface area contributed by atoms with Gasteiger partial charge < -0.3 is 9.47 Å². The summed E-state index contributed by atoms with van der Waals surface area (Å²) in [5, 5.41) is 0. The molecule has 0 aromatic heterocycles. The zero-order chi connectivity index (χ0) is 19.7. The van der Waals surface area contributed by atoms with Crippen LogP contribution in [0, 0.1) is 0 Å². The first-order valence-corrected chi connectivity index (χ1v) is 10.7. The number of carbonyl (C=O) groups is 1. The highest BCUT2D eigenvalue weighted by Gasteiger charge is 2.54. The molecule has 1 amide bonds. The molecule has 1 aliphatic carbocycles. The summed E-state index contributed by atoms with van der Waals surface area (Å²) in [4.78, 5) is 17.0. The molecular formula is C21H31BrN2O3. The fourth-order valence-corrected chi connectivity index (χ4v) is 4.16. The number of piperazine rings is 1. The van der Waals surface area contributed by atoms with Crippen molar-refractivity contribution in [3.63, 3.8) is 0 Å². The Kier molecular flexibility index (Phi) is 6.06. The monoisotopic (exact) mass is 438 g/mol. The second-order valence-corrected chi connectivity index (χ2v) is 9.63. The summed E-state index contributed by atoms with van der Waals surface area (Å²) >= 11 is 3.59. The third-order valence-corrected chi connectivity index (χ3v) is 5.44. The van der Waals surface area contributed by atoms with E-state index in [0.717, 1.165) is 62.3 Å². The van der Waals surface area contributed by atoms with Crippen molar-refractivity contribution in [3.05, 3.63) is 28.2 Å². The maximum Gasteiger partial charge on any atom is 0.410 e. The topological polar surface area (TPSA) is 42.0 Å². The lowest BCUT2D eigenvalue weighted by Crippen LogP contribution is -2.57. The highest BCUT2D eigenvalue weighted by molar-refractivity contribution is 9.10. The Balaban J connectivity index is 1.63. The second kappa shape index (κ2) is 8.00. The number of ether oxygens (including phenoxy) is 2. The summed E-state index contributed by atoms with van der Waals surface area (Å²) in [6, 6.07) is 6.29. The number of rotatable bonds is 5. The van der Waals surface area contributed by atoms with Crippen molar-refractivity contribution in [1.29, 1.82) is 0 Å². The molecule has 150 valence electrons. The van der Waals surface area contributed by atoms with Crippen LogP contribution in [0.1, 0.15) is 52.5 Å². The number of benzene rings is 1. The number of halogens is 1. The van der Waals surface area contributed by atoms with Crippen LogP contribution in [0.4, 0.5) is 4.79 Å². The van der Waals surface area contributed by atoms with Crippen molar-refractivity contribution >= 4 is 22.0 Å². The Morgan fingerprint density at radius 1 is 1.22 bits per heavy atom. The average molecular weight is 439 g/mol. The molecule has 0 N–H and O–H groups in total. The first-order valence-electron chi connectivity index (χ1n) is 9.86. The van der Waals surface area contributed by atoms with Crippen molar-refractivity contribution in [2.45, 2.75) is 64.6 Å². The predicted octanol–water partition coefficient (Wildman–Crippen LogP) is 4.82. The number of nitrogens with zero attached hydrogens (tertiary/aromatic N) is 2. The standard InChI is InChI=1S/C21H31BrN2O3/c1-5-10-26-18-12-16(11-17(22)13-18)14-23-8-9-24(21(15-23)6-7-21)19(25)27-20(2,3)4/h11-13H,5-10,14-15H2,1-4H3. The van der Waals surface area contributed by atoms with Gasteiger partial charge in [-0.1, -0.05) is 22.9 Å². The van der Waals surface area contributed by atoms with Crippen LogP contribution in [0.3, 0.4) is 0 Å². The van der Waals surface area contributed by atoms with E-state index >= 15 is 0 Å². The lowest BCUT2D eigenvalue weighted by Gasteiger charge is -2.42. The van der Waals surface area contributed by atoms with E-state index in [0.29, 0.717) is 0 Å². The molecule has 27 heavy (non-hydrogen) atoms. The van der Waals surface area contributed by atoms with Gasteiger partial charge in [-0.25, -0.2) is 4.79 Å². The third kappa shape index (κ3) is 5.38. The molecule has 3 rings (SSSR count). The van der Waals surface area contributed by atoms with Crippen LogP contribution in [0.25, 0.3) is 0 Å². The molecular weight excluding hydrogens is 408 g/mol. The van der Waals surface area contributed by atoms with E-state index in [-0.39, 0.29) is 11.6 Å². The van der Waals surface area contributed by atoms with Crippen LogP contribution in [0.15, 0.2) is 22.7 Å². The zero-order valence-electron chi connectivity index (χ0n) is 16.9. The van der Waals surface area contributed by atoms with Crippen LogP contribution >= 0.6 is 15.9 Å². The lowest BCUT2D eigenvalue weighted by molar-refractivity contribution is -0.00808. The van der Waals surface area contributed by atoms with Crippen molar-refractivity contribution in [1.82, 2.24) is 9.80 Å². The molecule has 1 saturated carbocycles. The van der Waals surface area contributed by atoms with E-state index in [1.165, 1.54) is 5.56 Å². The maximum absolute atomic E-state index is 12.6. The first-order chi connectivity index (χ1) is 12.7. The van der Waals surface area contributed by atoms with E-state index in [4.69, 9.17) is 9.47 Å². The van der Waals surface area contributed by atoms with Crippen molar-refractivity contribution < 1.29 is 14.3 Å². The van der Waals surface area contributed by atoms with Gasteiger partial charge in [0.15, 0.2) is 0 Å². The Bertz CT molecular complexity index is 682. The third-order valence-electron chi connectivity index (χ3n) is 4.98. The van der Waals surface area contributed by atoms with Gasteiger partial charge in [0.25, 0.3) is 0 Å². The summed E-state index contributed by atoms with van der Waals surface area (Å²) in [6.07, 6.45) is 2.95. The molecule has 1 aliphatic heterocycles. The Morgan fingerprint density at radius 2 is 1.96 bits per heavy atom. The minimum atomic E-state index is -0.449. The quantitative estimate of drug-likeness (QED) is 0.660. The number of amides is 1. The predicted molar refractivity (Wildman–Crippen MR) is 110 cm³/mol. The average Bonchev–Trinajstić information content (AvgIpc) is 3.30. The molecule has 0 unspecified atom stereocenters. The van der Waals surface area contributed by atoms with Crippen molar-refractivity contribution in [3.8, 4) is 5.75 Å². The largest absolute Gasteiger partial charge is 0.494 e. The SMILES string of the molecule is CCCOc1cc(Br)cc(CN2CCN(C(=O)OC(C)(C)C)C3(CC3)C2)c1. The van der Waals surface area contributed by atoms with Crippen molar-refractivity contribution in [2.75, 3.05) is 26.2 Å². The molecule has 1 heterocycles. The second-order valence-electron chi connectivity index (χ2n) is 8.71. The van der Waals surface area contributed by atoms with Gasteiger partial charge in [0.1, 0.15) is 11.4 Å². The molecule has 2 fully saturated rings. The summed E-state index contributed by atoms with van der Waals surface area (Å²) in [6.45, 7) is 12.0. The molecule has 2 aliphatic rings. The van der Waals surface area contributed by atoms with Gasteiger partial charge in [0, 0.05) is 30.7 Å². The lowest BCUT2D eigenvalue weighted by atomic mass is 10.1. The Hall–Kier alpha value is -1.27. The van der Waals surface area contributed by atoms with Crippen LogP contribution in [-0.4, -0.2) is 53.3 Å². The fraction of sp³-hybridized carbons (Fsp3) is 0.667. The summed E-state index contributed by atoms with van der Waals surface area (Å²) in [7, 11) is 0. The van der Waals surface area contributed by atoms with Crippen LogP contribution in [0.5, 0.6) is 5.75 Å². The summed E-state index contributed by atoms with van der Waals surface area (Å²) < 4.78 is 12.5. The minimum absolute atomic E-state index is 0.0336. The Morgan fingerprint density at radius 3 is 2.59 bits per heavy atom. The highest BCUT2D eigenvalue weighted by atomic mass is 79.9. The van der Waals surface area contributed by atoms with E-state index in [1.54, 1.807) is 0 Å². The van der Waals surface area contributed by atoms with Gasteiger partial charge in [-0.3, -0.25) is 9.80 Å². The van der Waals surface area contributed by atoms with Gasteiger partial charge in [-0.05, 0) is 63.8 Å². The summed E-state index contributed by atoms with van der Waals surface area (Å²) in [5.41, 5.74) is 0.751. The van der Waals surface area contributed by atoms with Crippen molar-refractivity contribution in [2.24, 2.45) is 0 Å². The zero-order valence-corrected chi connectivity index (χ0v) is 18.5. The van der Waals surface area contributed by atoms with Gasteiger partial charge in [-0.2, -0.15) is 0 Å². The summed E-state index contributed by atoms with van der Waals surface area (Å²) in [5.74, 6) is 0.912. The normalized spacial score (nSPS) is 19.2. The van der Waals surface area contributed by atoms with Gasteiger partial charge in [-0.15, -0.1) is 0 Å². The van der Waals surface area contributed by atoms with Crippen LogP contribution < -0.4 is 4.74 Å². The molecule has 0 bridgehead atoms. The van der Waals surface area contributed by atoms with E-state index < -0.39 is 5.60 Å². The molecule has 0 radical (unpaired) electrons. The maximum atomic E-state index is 12.6. The first kappa shape index (κ1) is 20.5.